The van der Waals surface area contributed by atoms with Crippen LogP contribution in [0.3, 0.4) is 0 Å². The van der Waals surface area contributed by atoms with Gasteiger partial charge in [-0.1, -0.05) is 45.0 Å². The van der Waals surface area contributed by atoms with Crippen molar-refractivity contribution in [3.63, 3.8) is 0 Å². The van der Waals surface area contributed by atoms with E-state index in [1.807, 2.05) is 0 Å². The van der Waals surface area contributed by atoms with Crippen molar-refractivity contribution in [2.75, 3.05) is 19.8 Å². The minimum absolute atomic E-state index is 0.0551. The Hall–Kier alpha value is -1.55. The predicted octanol–water partition coefficient (Wildman–Crippen LogP) is 4.16. The number of ether oxygens (including phenoxy) is 1. The van der Waals surface area contributed by atoms with Crippen LogP contribution >= 0.6 is 0 Å². The topological polar surface area (TPSA) is 41.6 Å². The van der Waals surface area contributed by atoms with Gasteiger partial charge in [0.05, 0.1) is 12.6 Å². The molecule has 1 aliphatic carbocycles. The van der Waals surface area contributed by atoms with Gasteiger partial charge >= 0.3 is 6.03 Å². The molecule has 2 unspecified atom stereocenters. The molecule has 0 spiro atoms. The lowest BCUT2D eigenvalue weighted by atomic mass is 9.95. The average Bonchev–Trinajstić information content (AvgIpc) is 3.33. The molecule has 1 saturated carbocycles. The number of carbonyl (C=O) groups is 1. The van der Waals surface area contributed by atoms with Crippen LogP contribution < -0.4 is 5.32 Å². The van der Waals surface area contributed by atoms with Crippen molar-refractivity contribution in [3.8, 4) is 0 Å². The number of carbonyl (C=O) groups excluding carboxylic acids is 1. The second-order valence-electron chi connectivity index (χ2n) is 7.88. The number of hydrogen-bond acceptors (Lipinski definition) is 2. The summed E-state index contributed by atoms with van der Waals surface area (Å²) in [5.74, 6) is 0.847. The standard InChI is InChI=1S/C21H32N2O2/c1-4-16-5-7-18(8-6-16)20(15(2)3)22-21(24)23(19-9-10-19)13-17-11-12-25-14-17/h5-8,15,17,19-20H,4,9-14H2,1-3H3,(H,22,24). The molecular weight excluding hydrogens is 312 g/mol. The van der Waals surface area contributed by atoms with Gasteiger partial charge in [-0.3, -0.25) is 0 Å². The molecule has 2 atom stereocenters. The molecule has 1 aromatic rings. The van der Waals surface area contributed by atoms with Gasteiger partial charge < -0.3 is 15.0 Å². The van der Waals surface area contributed by atoms with Crippen LogP contribution in [-0.4, -0.2) is 36.7 Å². The fourth-order valence-corrected chi connectivity index (χ4v) is 3.60. The molecule has 1 saturated heterocycles. The first kappa shape index (κ1) is 18.2. The lowest BCUT2D eigenvalue weighted by Crippen LogP contribution is -2.46. The van der Waals surface area contributed by atoms with Crippen LogP contribution in [0.4, 0.5) is 4.79 Å². The smallest absolute Gasteiger partial charge is 0.318 e. The normalized spacial score (nSPS) is 21.4. The molecule has 1 aromatic carbocycles. The summed E-state index contributed by atoms with van der Waals surface area (Å²) in [5.41, 5.74) is 2.53. The highest BCUT2D eigenvalue weighted by atomic mass is 16.5. The Balaban J connectivity index is 1.67. The van der Waals surface area contributed by atoms with Crippen LogP contribution in [0, 0.1) is 11.8 Å². The molecule has 138 valence electrons. The maximum absolute atomic E-state index is 13.0. The summed E-state index contributed by atoms with van der Waals surface area (Å²) in [6.45, 7) is 8.97. The van der Waals surface area contributed by atoms with E-state index in [0.717, 1.165) is 45.4 Å². The molecule has 3 rings (SSSR count). The van der Waals surface area contributed by atoms with Crippen molar-refractivity contribution >= 4 is 6.03 Å². The van der Waals surface area contributed by atoms with E-state index in [-0.39, 0.29) is 12.1 Å². The first-order chi connectivity index (χ1) is 12.1. The van der Waals surface area contributed by atoms with Gasteiger partial charge in [0.1, 0.15) is 0 Å². The van der Waals surface area contributed by atoms with Crippen molar-refractivity contribution in [1.29, 1.82) is 0 Å². The second-order valence-corrected chi connectivity index (χ2v) is 7.88. The van der Waals surface area contributed by atoms with Gasteiger partial charge in [-0.2, -0.15) is 0 Å². The lowest BCUT2D eigenvalue weighted by molar-refractivity contribution is 0.159. The van der Waals surface area contributed by atoms with E-state index in [1.54, 1.807) is 0 Å². The maximum atomic E-state index is 13.0. The molecule has 0 aromatic heterocycles. The minimum atomic E-state index is 0.0551. The number of benzene rings is 1. The van der Waals surface area contributed by atoms with E-state index >= 15 is 0 Å². The molecule has 0 radical (unpaired) electrons. The van der Waals surface area contributed by atoms with Crippen molar-refractivity contribution in [1.82, 2.24) is 10.2 Å². The number of urea groups is 1. The Labute approximate surface area is 151 Å². The third-order valence-corrected chi connectivity index (χ3v) is 5.42. The molecule has 0 bridgehead atoms. The highest BCUT2D eigenvalue weighted by Crippen LogP contribution is 2.30. The average molecular weight is 344 g/mol. The van der Waals surface area contributed by atoms with Gasteiger partial charge in [0.2, 0.25) is 0 Å². The van der Waals surface area contributed by atoms with Crippen LogP contribution in [0.1, 0.15) is 57.2 Å². The first-order valence-electron chi connectivity index (χ1n) is 9.82. The van der Waals surface area contributed by atoms with Crippen molar-refractivity contribution < 1.29 is 9.53 Å². The molecule has 1 N–H and O–H groups in total. The van der Waals surface area contributed by atoms with Gasteiger partial charge in [0.15, 0.2) is 0 Å². The molecule has 25 heavy (non-hydrogen) atoms. The number of amides is 2. The van der Waals surface area contributed by atoms with Crippen LogP contribution in [0.2, 0.25) is 0 Å². The lowest BCUT2D eigenvalue weighted by Gasteiger charge is -2.30. The maximum Gasteiger partial charge on any atom is 0.318 e. The van der Waals surface area contributed by atoms with E-state index in [0.29, 0.717) is 17.9 Å². The zero-order valence-electron chi connectivity index (χ0n) is 15.8. The third-order valence-electron chi connectivity index (χ3n) is 5.42. The summed E-state index contributed by atoms with van der Waals surface area (Å²) in [6, 6.07) is 9.24. The molecule has 1 heterocycles. The Morgan fingerprint density at radius 2 is 1.96 bits per heavy atom. The van der Waals surface area contributed by atoms with E-state index in [1.165, 1.54) is 11.1 Å². The monoisotopic (exact) mass is 344 g/mol. The largest absolute Gasteiger partial charge is 0.381 e. The minimum Gasteiger partial charge on any atom is -0.381 e. The Morgan fingerprint density at radius 1 is 1.24 bits per heavy atom. The predicted molar refractivity (Wildman–Crippen MR) is 101 cm³/mol. The molecular formula is C21H32N2O2. The first-order valence-corrected chi connectivity index (χ1v) is 9.82. The van der Waals surface area contributed by atoms with E-state index < -0.39 is 0 Å². The molecule has 1 aliphatic heterocycles. The number of nitrogens with zero attached hydrogens (tertiary/aromatic N) is 1. The molecule has 4 heteroatoms. The fourth-order valence-electron chi connectivity index (χ4n) is 3.60. The van der Waals surface area contributed by atoms with E-state index in [2.05, 4.69) is 55.3 Å². The van der Waals surface area contributed by atoms with Crippen LogP contribution in [-0.2, 0) is 11.2 Å². The summed E-state index contributed by atoms with van der Waals surface area (Å²) >= 11 is 0. The van der Waals surface area contributed by atoms with E-state index in [9.17, 15) is 4.79 Å². The van der Waals surface area contributed by atoms with Crippen LogP contribution in [0.15, 0.2) is 24.3 Å². The van der Waals surface area contributed by atoms with Crippen LogP contribution in [0.5, 0.6) is 0 Å². The Kier molecular flexibility index (Phi) is 6.00. The van der Waals surface area contributed by atoms with Gasteiger partial charge in [0, 0.05) is 25.1 Å². The molecule has 2 amide bonds. The highest BCUT2D eigenvalue weighted by molar-refractivity contribution is 5.75. The SMILES string of the molecule is CCc1ccc(C(NC(=O)N(CC2CCOC2)C2CC2)C(C)C)cc1. The number of nitrogens with one attached hydrogen (secondary N) is 1. The molecule has 2 aliphatic rings. The molecule has 2 fully saturated rings. The summed E-state index contributed by atoms with van der Waals surface area (Å²) in [4.78, 5) is 15.1. The zero-order valence-corrected chi connectivity index (χ0v) is 15.8. The quantitative estimate of drug-likeness (QED) is 0.807. The van der Waals surface area contributed by atoms with E-state index in [4.69, 9.17) is 4.74 Å². The van der Waals surface area contributed by atoms with Gasteiger partial charge in [0.25, 0.3) is 0 Å². The third kappa shape index (κ3) is 4.75. The summed E-state index contributed by atoms with van der Waals surface area (Å²) in [5, 5.41) is 3.31. The number of aryl methyl sites for hydroxylation is 1. The van der Waals surface area contributed by atoms with Crippen molar-refractivity contribution in [3.05, 3.63) is 35.4 Å². The summed E-state index contributed by atoms with van der Waals surface area (Å²) in [7, 11) is 0. The Bertz CT molecular complexity index is 560. The van der Waals surface area contributed by atoms with Crippen LogP contribution in [0.25, 0.3) is 0 Å². The van der Waals surface area contributed by atoms with Gasteiger partial charge in [-0.15, -0.1) is 0 Å². The second kappa shape index (κ2) is 8.22. The van der Waals surface area contributed by atoms with Crippen molar-refractivity contribution in [2.45, 2.75) is 58.5 Å². The molecule has 4 nitrogen and oxygen atoms in total. The summed E-state index contributed by atoms with van der Waals surface area (Å²) in [6.07, 6.45) is 4.39. The highest BCUT2D eigenvalue weighted by Gasteiger charge is 2.35. The van der Waals surface area contributed by atoms with Gasteiger partial charge in [-0.25, -0.2) is 4.79 Å². The van der Waals surface area contributed by atoms with Gasteiger partial charge in [-0.05, 0) is 42.7 Å². The van der Waals surface area contributed by atoms with Crippen molar-refractivity contribution in [2.24, 2.45) is 11.8 Å². The fraction of sp³-hybridized carbons (Fsp3) is 0.667. The number of rotatable bonds is 7. The summed E-state index contributed by atoms with van der Waals surface area (Å²) < 4.78 is 5.49. The Morgan fingerprint density at radius 3 is 2.48 bits per heavy atom. The zero-order chi connectivity index (χ0) is 17.8. The number of hydrogen-bond donors (Lipinski definition) is 1.